The van der Waals surface area contributed by atoms with Gasteiger partial charge in [0.2, 0.25) is 18.1 Å². The van der Waals surface area contributed by atoms with Crippen molar-refractivity contribution in [3.63, 3.8) is 0 Å². The number of amides is 2. The molecule has 0 bridgehead atoms. The van der Waals surface area contributed by atoms with Crippen molar-refractivity contribution in [2.75, 3.05) is 20.2 Å². The van der Waals surface area contributed by atoms with Gasteiger partial charge in [-0.3, -0.25) is 24.0 Å². The van der Waals surface area contributed by atoms with E-state index in [2.05, 4.69) is 5.32 Å². The standard InChI is InChI=1S/C31H32Cl2N2O8/c1-41-28-21(32)12-18(13-22(28)33)25(37)15-35-11-10-24(36)19-8-5-9-20(27(19)30(35)40)29(39)34-23-14-26(38)43-31(23)42-16-17-6-3-2-4-7-17/h2-4,6-7,12-13,19-20,23,27,31H,5,8-11,14-16H2,1H3,(H,34,39)/t19?,20-,23+,27?,31?/m1/s1. The highest BCUT2D eigenvalue weighted by molar-refractivity contribution is 6.37. The molecule has 2 saturated heterocycles. The molecule has 3 fully saturated rings. The maximum absolute atomic E-state index is 13.9. The lowest BCUT2D eigenvalue weighted by molar-refractivity contribution is -0.168. The quantitative estimate of drug-likeness (QED) is 0.325. The summed E-state index contributed by atoms with van der Waals surface area (Å²) in [4.78, 5) is 67.4. The number of Topliss-reactive ketones (excluding diaryl/α,β-unsaturated/α-hetero) is 2. The lowest BCUT2D eigenvalue weighted by Gasteiger charge is -2.36. The van der Waals surface area contributed by atoms with Crippen molar-refractivity contribution in [2.45, 2.75) is 51.0 Å². The maximum atomic E-state index is 13.9. The van der Waals surface area contributed by atoms with Crippen molar-refractivity contribution in [3.8, 4) is 5.75 Å². The SMILES string of the molecule is COc1c(Cl)cc(C(=O)CN2CCC(=O)C3CCC[C@@H](C(=O)N[C@H]4CC(=O)OC4OCc4ccccc4)C3C2=O)cc1Cl. The molecule has 0 aromatic heterocycles. The van der Waals surface area contributed by atoms with Crippen LogP contribution in [0.15, 0.2) is 42.5 Å². The average molecular weight is 632 g/mol. The number of cyclic esters (lactones) is 1. The van der Waals surface area contributed by atoms with Crippen LogP contribution in [-0.4, -0.2) is 66.8 Å². The molecule has 12 heteroatoms. The molecule has 2 aromatic carbocycles. The van der Waals surface area contributed by atoms with Crippen molar-refractivity contribution in [3.05, 3.63) is 63.6 Å². The van der Waals surface area contributed by atoms with Gasteiger partial charge in [0.1, 0.15) is 11.8 Å². The topological polar surface area (TPSA) is 128 Å². The van der Waals surface area contributed by atoms with Gasteiger partial charge in [-0.15, -0.1) is 0 Å². The molecule has 0 spiro atoms. The fourth-order valence-corrected chi connectivity index (χ4v) is 6.77. The van der Waals surface area contributed by atoms with Crippen molar-refractivity contribution in [1.29, 1.82) is 0 Å². The van der Waals surface area contributed by atoms with E-state index in [4.69, 9.17) is 37.4 Å². The fourth-order valence-electron chi connectivity index (χ4n) is 6.13. The van der Waals surface area contributed by atoms with Crippen LogP contribution in [0.1, 0.15) is 48.0 Å². The van der Waals surface area contributed by atoms with Crippen molar-refractivity contribution in [1.82, 2.24) is 10.2 Å². The van der Waals surface area contributed by atoms with Crippen LogP contribution in [0.2, 0.25) is 10.0 Å². The van der Waals surface area contributed by atoms with Gasteiger partial charge in [0, 0.05) is 24.4 Å². The van der Waals surface area contributed by atoms with E-state index >= 15 is 0 Å². The maximum Gasteiger partial charge on any atom is 0.310 e. The number of nitrogens with one attached hydrogen (secondary N) is 1. The van der Waals surface area contributed by atoms with Crippen LogP contribution in [0.4, 0.5) is 0 Å². The fraction of sp³-hybridized carbons (Fsp3) is 0.452. The highest BCUT2D eigenvalue weighted by Crippen LogP contribution is 2.40. The Hall–Kier alpha value is -3.47. The number of likely N-dealkylation sites (tertiary alicyclic amines) is 1. The molecule has 228 valence electrons. The average Bonchev–Trinajstić information content (AvgIpc) is 3.29. The summed E-state index contributed by atoms with van der Waals surface area (Å²) >= 11 is 12.4. The number of esters is 1. The molecule has 2 amide bonds. The van der Waals surface area contributed by atoms with Crippen molar-refractivity contribution < 1.29 is 38.2 Å². The number of carbonyl (C=O) groups is 5. The second kappa shape index (κ2) is 13.4. The summed E-state index contributed by atoms with van der Waals surface area (Å²) in [6, 6.07) is 11.4. The Morgan fingerprint density at radius 1 is 1.07 bits per heavy atom. The van der Waals surface area contributed by atoms with E-state index in [1.807, 2.05) is 30.3 Å². The third-order valence-corrected chi connectivity index (χ3v) is 8.84. The first-order valence-corrected chi connectivity index (χ1v) is 14.9. The zero-order valence-corrected chi connectivity index (χ0v) is 25.1. The molecule has 5 rings (SSSR count). The largest absolute Gasteiger partial charge is 0.494 e. The molecule has 2 heterocycles. The number of halogens is 2. The molecule has 0 radical (unpaired) electrons. The van der Waals surface area contributed by atoms with Crippen LogP contribution in [-0.2, 0) is 35.3 Å². The predicted molar refractivity (Wildman–Crippen MR) is 156 cm³/mol. The predicted octanol–water partition coefficient (Wildman–Crippen LogP) is 3.99. The minimum absolute atomic E-state index is 0.0583. The van der Waals surface area contributed by atoms with E-state index in [-0.39, 0.29) is 59.7 Å². The summed E-state index contributed by atoms with van der Waals surface area (Å²) < 4.78 is 16.3. The van der Waals surface area contributed by atoms with Gasteiger partial charge in [0.25, 0.3) is 0 Å². The highest BCUT2D eigenvalue weighted by atomic mass is 35.5. The summed E-state index contributed by atoms with van der Waals surface area (Å²) in [5.74, 6) is -4.05. The number of ketones is 2. The first-order valence-electron chi connectivity index (χ1n) is 14.2. The highest BCUT2D eigenvalue weighted by Gasteiger charge is 2.49. The third kappa shape index (κ3) is 6.87. The molecule has 2 aliphatic heterocycles. The zero-order valence-electron chi connectivity index (χ0n) is 23.6. The van der Waals surface area contributed by atoms with Crippen LogP contribution in [0, 0.1) is 17.8 Å². The molecule has 1 N–H and O–H groups in total. The first kappa shape index (κ1) is 31.0. The van der Waals surface area contributed by atoms with Gasteiger partial charge in [-0.1, -0.05) is 60.0 Å². The van der Waals surface area contributed by atoms with Gasteiger partial charge in [-0.2, -0.15) is 0 Å². The number of rotatable bonds is 9. The van der Waals surface area contributed by atoms with E-state index in [0.717, 1.165) is 5.56 Å². The summed E-state index contributed by atoms with van der Waals surface area (Å²) in [5, 5.41) is 3.16. The molecular weight excluding hydrogens is 599 g/mol. The van der Waals surface area contributed by atoms with Crippen molar-refractivity contribution in [2.24, 2.45) is 17.8 Å². The lowest BCUT2D eigenvalue weighted by Crippen LogP contribution is -2.51. The van der Waals surface area contributed by atoms with Gasteiger partial charge >= 0.3 is 5.97 Å². The molecule has 1 saturated carbocycles. The smallest absolute Gasteiger partial charge is 0.310 e. The number of nitrogens with zero attached hydrogens (tertiary/aromatic N) is 1. The number of hydrogen-bond donors (Lipinski definition) is 1. The van der Waals surface area contributed by atoms with Gasteiger partial charge in [0.05, 0.1) is 48.6 Å². The Morgan fingerprint density at radius 2 is 1.79 bits per heavy atom. The van der Waals surface area contributed by atoms with Crippen LogP contribution in [0.25, 0.3) is 0 Å². The Bertz CT molecular complexity index is 1390. The van der Waals surface area contributed by atoms with E-state index in [1.165, 1.54) is 24.1 Å². The second-order valence-corrected chi connectivity index (χ2v) is 11.8. The zero-order chi connectivity index (χ0) is 30.7. The van der Waals surface area contributed by atoms with Gasteiger partial charge < -0.3 is 24.4 Å². The summed E-state index contributed by atoms with van der Waals surface area (Å²) in [6.07, 6.45) is 0.478. The summed E-state index contributed by atoms with van der Waals surface area (Å²) in [7, 11) is 1.41. The normalized spacial score (nSPS) is 25.5. The minimum atomic E-state index is -0.986. The molecule has 1 aliphatic carbocycles. The third-order valence-electron chi connectivity index (χ3n) is 8.28. The van der Waals surface area contributed by atoms with Gasteiger partial charge in [0.15, 0.2) is 11.5 Å². The molecular formula is C31H32Cl2N2O8. The molecule has 10 nitrogen and oxygen atoms in total. The summed E-state index contributed by atoms with van der Waals surface area (Å²) in [5.41, 5.74) is 1.07. The van der Waals surface area contributed by atoms with E-state index in [0.29, 0.717) is 19.3 Å². The first-order chi connectivity index (χ1) is 20.7. The van der Waals surface area contributed by atoms with E-state index in [9.17, 15) is 24.0 Å². The number of ether oxygens (including phenoxy) is 3. The van der Waals surface area contributed by atoms with Gasteiger partial charge in [-0.25, -0.2) is 0 Å². The molecule has 2 aromatic rings. The van der Waals surface area contributed by atoms with Crippen LogP contribution in [0.5, 0.6) is 5.75 Å². The number of benzene rings is 2. The molecule has 5 atom stereocenters. The van der Waals surface area contributed by atoms with Crippen LogP contribution in [0.3, 0.4) is 0 Å². The van der Waals surface area contributed by atoms with Crippen LogP contribution >= 0.6 is 23.2 Å². The van der Waals surface area contributed by atoms with Crippen molar-refractivity contribution >= 4 is 52.6 Å². The summed E-state index contributed by atoms with van der Waals surface area (Å²) in [6.45, 7) is -0.0639. The second-order valence-electron chi connectivity index (χ2n) is 11.0. The monoisotopic (exact) mass is 630 g/mol. The number of methoxy groups -OCH3 is 1. The number of fused-ring (bicyclic) bond motifs is 1. The van der Waals surface area contributed by atoms with Crippen LogP contribution < -0.4 is 10.1 Å². The Morgan fingerprint density at radius 3 is 2.49 bits per heavy atom. The minimum Gasteiger partial charge on any atom is -0.494 e. The molecule has 43 heavy (non-hydrogen) atoms. The number of carbonyl (C=O) groups excluding carboxylic acids is 5. The van der Waals surface area contributed by atoms with E-state index in [1.54, 1.807) is 0 Å². The van der Waals surface area contributed by atoms with E-state index < -0.39 is 53.7 Å². The Balaban J connectivity index is 1.30. The lowest BCUT2D eigenvalue weighted by atomic mass is 9.69. The number of hydrogen-bond acceptors (Lipinski definition) is 8. The van der Waals surface area contributed by atoms with Gasteiger partial charge in [-0.05, 0) is 30.5 Å². The molecule has 3 aliphatic rings. The molecule has 3 unspecified atom stereocenters. The Kier molecular flexibility index (Phi) is 9.68. The Labute approximate surface area is 258 Å².